The highest BCUT2D eigenvalue weighted by Crippen LogP contribution is 2.26. The maximum Gasteiger partial charge on any atom is 0.142 e. The SMILES string of the molecule is CCN(CC(C)(C)CN)c1ncccc1Br. The maximum atomic E-state index is 5.77. The second-order valence-electron chi connectivity index (χ2n) is 4.69. The van der Waals surface area contributed by atoms with Crippen molar-refractivity contribution in [1.82, 2.24) is 4.98 Å². The summed E-state index contributed by atoms with van der Waals surface area (Å²) in [6, 6.07) is 3.94. The van der Waals surface area contributed by atoms with Crippen LogP contribution in [0.5, 0.6) is 0 Å². The van der Waals surface area contributed by atoms with Gasteiger partial charge in [-0.25, -0.2) is 4.98 Å². The number of pyridine rings is 1. The number of rotatable bonds is 5. The van der Waals surface area contributed by atoms with Crippen LogP contribution in [0.2, 0.25) is 0 Å². The fourth-order valence-electron chi connectivity index (χ4n) is 1.53. The summed E-state index contributed by atoms with van der Waals surface area (Å²) < 4.78 is 1.03. The van der Waals surface area contributed by atoms with Crippen LogP contribution in [-0.2, 0) is 0 Å². The molecule has 0 unspecified atom stereocenters. The summed E-state index contributed by atoms with van der Waals surface area (Å²) in [6.45, 7) is 9.00. The van der Waals surface area contributed by atoms with Crippen LogP contribution in [0.4, 0.5) is 5.82 Å². The molecule has 0 fully saturated rings. The number of nitrogens with zero attached hydrogens (tertiary/aromatic N) is 2. The topological polar surface area (TPSA) is 42.1 Å². The first-order valence-corrected chi connectivity index (χ1v) is 6.35. The van der Waals surface area contributed by atoms with Crippen LogP contribution in [0.1, 0.15) is 20.8 Å². The standard InChI is InChI=1S/C12H20BrN3/c1-4-16(9-12(2,3)8-14)11-10(13)6-5-7-15-11/h5-7H,4,8-9,14H2,1-3H3. The van der Waals surface area contributed by atoms with Crippen LogP contribution in [0.25, 0.3) is 0 Å². The Hall–Kier alpha value is -0.610. The molecule has 0 radical (unpaired) electrons. The Kier molecular flexibility index (Phi) is 4.74. The molecule has 0 aromatic carbocycles. The number of anilines is 1. The van der Waals surface area contributed by atoms with Crippen LogP contribution >= 0.6 is 15.9 Å². The lowest BCUT2D eigenvalue weighted by atomic mass is 9.93. The van der Waals surface area contributed by atoms with Gasteiger partial charge in [-0.2, -0.15) is 0 Å². The molecule has 1 heterocycles. The minimum Gasteiger partial charge on any atom is -0.355 e. The molecule has 0 amide bonds. The number of hydrogen-bond donors (Lipinski definition) is 1. The summed E-state index contributed by atoms with van der Waals surface area (Å²) in [5.74, 6) is 0.992. The molecule has 0 aliphatic rings. The third-order valence-electron chi connectivity index (χ3n) is 2.59. The Bertz CT molecular complexity index is 339. The molecule has 3 nitrogen and oxygen atoms in total. The Labute approximate surface area is 106 Å². The number of nitrogens with two attached hydrogens (primary N) is 1. The van der Waals surface area contributed by atoms with Gasteiger partial charge in [0.15, 0.2) is 0 Å². The lowest BCUT2D eigenvalue weighted by Gasteiger charge is -2.32. The van der Waals surface area contributed by atoms with Crippen molar-refractivity contribution in [1.29, 1.82) is 0 Å². The Morgan fingerprint density at radius 3 is 2.69 bits per heavy atom. The van der Waals surface area contributed by atoms with Crippen LogP contribution in [0, 0.1) is 5.41 Å². The van der Waals surface area contributed by atoms with E-state index >= 15 is 0 Å². The van der Waals surface area contributed by atoms with Crippen LogP contribution in [0.3, 0.4) is 0 Å². The summed E-state index contributed by atoms with van der Waals surface area (Å²) in [6.07, 6.45) is 1.82. The minimum atomic E-state index is 0.104. The van der Waals surface area contributed by atoms with Gasteiger partial charge in [-0.05, 0) is 46.9 Å². The molecular weight excluding hydrogens is 266 g/mol. The fourth-order valence-corrected chi connectivity index (χ4v) is 2.03. The summed E-state index contributed by atoms with van der Waals surface area (Å²) in [4.78, 5) is 6.65. The normalized spacial score (nSPS) is 11.6. The highest BCUT2D eigenvalue weighted by Gasteiger charge is 2.21. The molecule has 4 heteroatoms. The van der Waals surface area contributed by atoms with Crippen molar-refractivity contribution in [2.24, 2.45) is 11.1 Å². The average Bonchev–Trinajstić information content (AvgIpc) is 2.27. The molecule has 16 heavy (non-hydrogen) atoms. The Morgan fingerprint density at radius 1 is 1.50 bits per heavy atom. The molecule has 0 spiro atoms. The van der Waals surface area contributed by atoms with Gasteiger partial charge in [0.25, 0.3) is 0 Å². The predicted octanol–water partition coefficient (Wildman–Crippen LogP) is 2.66. The molecule has 0 saturated carbocycles. The van der Waals surface area contributed by atoms with E-state index in [2.05, 4.69) is 46.6 Å². The van der Waals surface area contributed by atoms with E-state index in [1.54, 1.807) is 0 Å². The van der Waals surface area contributed by atoms with Crippen LogP contribution in [-0.4, -0.2) is 24.6 Å². The summed E-state index contributed by atoms with van der Waals surface area (Å²) in [5.41, 5.74) is 5.87. The third kappa shape index (κ3) is 3.46. The van der Waals surface area contributed by atoms with Crippen molar-refractivity contribution in [2.45, 2.75) is 20.8 Å². The number of halogens is 1. The molecule has 0 atom stereocenters. The van der Waals surface area contributed by atoms with Crippen molar-refractivity contribution in [3.63, 3.8) is 0 Å². The smallest absolute Gasteiger partial charge is 0.142 e. The van der Waals surface area contributed by atoms with Gasteiger partial charge in [0.2, 0.25) is 0 Å². The van der Waals surface area contributed by atoms with Crippen molar-refractivity contribution in [3.05, 3.63) is 22.8 Å². The molecule has 1 rings (SSSR count). The first-order chi connectivity index (χ1) is 7.50. The molecule has 1 aromatic rings. The third-order valence-corrected chi connectivity index (χ3v) is 3.21. The highest BCUT2D eigenvalue weighted by molar-refractivity contribution is 9.10. The lowest BCUT2D eigenvalue weighted by Crippen LogP contribution is -2.39. The first kappa shape index (κ1) is 13.5. The summed E-state index contributed by atoms with van der Waals surface area (Å²) in [7, 11) is 0. The van der Waals surface area contributed by atoms with Gasteiger partial charge in [0, 0.05) is 19.3 Å². The lowest BCUT2D eigenvalue weighted by molar-refractivity contribution is 0.378. The monoisotopic (exact) mass is 285 g/mol. The van der Waals surface area contributed by atoms with Gasteiger partial charge in [-0.3, -0.25) is 0 Å². The summed E-state index contributed by atoms with van der Waals surface area (Å²) in [5, 5.41) is 0. The zero-order valence-electron chi connectivity index (χ0n) is 10.2. The van der Waals surface area contributed by atoms with Crippen LogP contribution in [0.15, 0.2) is 22.8 Å². The van der Waals surface area contributed by atoms with Crippen molar-refractivity contribution >= 4 is 21.7 Å². The van der Waals surface area contributed by atoms with E-state index in [1.165, 1.54) is 0 Å². The van der Waals surface area contributed by atoms with Gasteiger partial charge in [0.05, 0.1) is 4.47 Å². The Balaban J connectivity index is 2.87. The minimum absolute atomic E-state index is 0.104. The molecule has 0 aliphatic carbocycles. The summed E-state index contributed by atoms with van der Waals surface area (Å²) >= 11 is 3.53. The highest BCUT2D eigenvalue weighted by atomic mass is 79.9. The molecule has 0 saturated heterocycles. The Morgan fingerprint density at radius 2 is 2.19 bits per heavy atom. The zero-order valence-corrected chi connectivity index (χ0v) is 11.8. The maximum absolute atomic E-state index is 5.77. The predicted molar refractivity (Wildman–Crippen MR) is 72.7 cm³/mol. The van der Waals surface area contributed by atoms with E-state index in [4.69, 9.17) is 5.73 Å². The molecule has 0 aliphatic heterocycles. The van der Waals surface area contributed by atoms with E-state index in [1.807, 2.05) is 18.3 Å². The van der Waals surface area contributed by atoms with E-state index < -0.39 is 0 Å². The van der Waals surface area contributed by atoms with E-state index in [0.29, 0.717) is 6.54 Å². The van der Waals surface area contributed by atoms with Gasteiger partial charge in [-0.15, -0.1) is 0 Å². The van der Waals surface area contributed by atoms with E-state index in [-0.39, 0.29) is 5.41 Å². The fraction of sp³-hybridized carbons (Fsp3) is 0.583. The zero-order chi connectivity index (χ0) is 12.2. The van der Waals surface area contributed by atoms with E-state index in [9.17, 15) is 0 Å². The van der Waals surface area contributed by atoms with Crippen LogP contribution < -0.4 is 10.6 Å². The molecule has 90 valence electrons. The van der Waals surface area contributed by atoms with Crippen molar-refractivity contribution in [2.75, 3.05) is 24.5 Å². The van der Waals surface area contributed by atoms with Gasteiger partial charge in [-0.1, -0.05) is 13.8 Å². The molecule has 1 aromatic heterocycles. The van der Waals surface area contributed by atoms with Gasteiger partial charge >= 0.3 is 0 Å². The van der Waals surface area contributed by atoms with Crippen molar-refractivity contribution < 1.29 is 0 Å². The second kappa shape index (κ2) is 5.64. The quantitative estimate of drug-likeness (QED) is 0.904. The number of hydrogen-bond acceptors (Lipinski definition) is 3. The molecule has 0 bridgehead atoms. The first-order valence-electron chi connectivity index (χ1n) is 5.55. The van der Waals surface area contributed by atoms with Gasteiger partial charge in [0.1, 0.15) is 5.82 Å². The van der Waals surface area contributed by atoms with Gasteiger partial charge < -0.3 is 10.6 Å². The second-order valence-corrected chi connectivity index (χ2v) is 5.55. The van der Waals surface area contributed by atoms with E-state index in [0.717, 1.165) is 23.4 Å². The largest absolute Gasteiger partial charge is 0.355 e. The molecular formula is C12H20BrN3. The average molecular weight is 286 g/mol. The van der Waals surface area contributed by atoms with Crippen molar-refractivity contribution in [3.8, 4) is 0 Å². The number of aromatic nitrogens is 1. The molecule has 2 N–H and O–H groups in total.